The maximum absolute atomic E-state index is 10.7. The lowest BCUT2D eigenvalue weighted by atomic mass is 10.2. The van der Waals surface area contributed by atoms with E-state index in [0.717, 1.165) is 17.0 Å². The highest BCUT2D eigenvalue weighted by Gasteiger charge is 2.07. The Kier molecular flexibility index (Phi) is 3.14. The molecule has 0 saturated heterocycles. The Morgan fingerprint density at radius 3 is 3.00 bits per heavy atom. The predicted molar refractivity (Wildman–Crippen MR) is 62.9 cm³/mol. The molecule has 2 rings (SSSR count). The highest BCUT2D eigenvalue weighted by atomic mass is 32.1. The molecule has 5 heteroatoms. The van der Waals surface area contributed by atoms with Crippen molar-refractivity contribution in [2.45, 2.75) is 26.3 Å². The number of aldehydes is 1. The topological polar surface area (TPSA) is 47.8 Å². The van der Waals surface area contributed by atoms with E-state index in [9.17, 15) is 4.79 Å². The van der Waals surface area contributed by atoms with Gasteiger partial charge in [-0.2, -0.15) is 0 Å². The number of nitrogens with zero attached hydrogens (tertiary/aromatic N) is 3. The molecule has 0 unspecified atom stereocenters. The maximum atomic E-state index is 10.7. The second-order valence-corrected chi connectivity index (χ2v) is 4.75. The minimum absolute atomic E-state index is 0.444. The zero-order valence-electron chi connectivity index (χ0n) is 9.25. The minimum atomic E-state index is 0.444. The molecule has 0 aliphatic heterocycles. The maximum Gasteiger partial charge on any atom is 0.185 e. The number of rotatable bonds is 4. The largest absolute Gasteiger partial charge is 0.323 e. The van der Waals surface area contributed by atoms with Gasteiger partial charge in [0.15, 0.2) is 12.1 Å². The Bertz CT molecular complexity index is 487. The van der Waals surface area contributed by atoms with Crippen molar-refractivity contribution in [1.82, 2.24) is 14.5 Å². The summed E-state index contributed by atoms with van der Waals surface area (Å²) in [6.45, 7) is 4.85. The molecule has 0 radical (unpaired) electrons. The average molecular weight is 235 g/mol. The van der Waals surface area contributed by atoms with Crippen LogP contribution in [0, 0.1) is 0 Å². The number of aromatic nitrogens is 3. The highest BCUT2D eigenvalue weighted by molar-refractivity contribution is 7.09. The van der Waals surface area contributed by atoms with Gasteiger partial charge in [-0.1, -0.05) is 13.8 Å². The van der Waals surface area contributed by atoms with Gasteiger partial charge in [0.05, 0.1) is 17.2 Å². The van der Waals surface area contributed by atoms with Crippen molar-refractivity contribution in [1.29, 1.82) is 0 Å². The Morgan fingerprint density at radius 2 is 2.38 bits per heavy atom. The fraction of sp³-hybridized carbons (Fsp3) is 0.364. The van der Waals surface area contributed by atoms with Crippen molar-refractivity contribution in [2.24, 2.45) is 0 Å². The summed E-state index contributed by atoms with van der Waals surface area (Å²) in [7, 11) is 0. The van der Waals surface area contributed by atoms with Gasteiger partial charge in [-0.15, -0.1) is 11.3 Å². The van der Waals surface area contributed by atoms with Gasteiger partial charge in [0.25, 0.3) is 0 Å². The van der Waals surface area contributed by atoms with Crippen LogP contribution in [0.3, 0.4) is 0 Å². The zero-order chi connectivity index (χ0) is 11.5. The summed E-state index contributed by atoms with van der Waals surface area (Å²) in [6, 6.07) is 0. The van der Waals surface area contributed by atoms with E-state index in [1.807, 2.05) is 5.38 Å². The number of carbonyl (C=O) groups excluding carboxylic acids is 1. The van der Waals surface area contributed by atoms with E-state index in [4.69, 9.17) is 0 Å². The molecule has 0 bridgehead atoms. The summed E-state index contributed by atoms with van der Waals surface area (Å²) in [6.07, 6.45) is 4.17. The van der Waals surface area contributed by atoms with Crippen LogP contribution in [0.1, 0.15) is 41.1 Å². The van der Waals surface area contributed by atoms with Crippen LogP contribution in [0.2, 0.25) is 0 Å². The smallest absolute Gasteiger partial charge is 0.185 e. The number of carbonyl (C=O) groups is 1. The third-order valence-corrected chi connectivity index (χ3v) is 3.44. The molecule has 0 aliphatic rings. The lowest BCUT2D eigenvalue weighted by molar-refractivity contribution is 0.111. The molecule has 0 aliphatic carbocycles. The standard InChI is InChI=1S/C11H13N3OS/c1-8(2)11-13-9(7-16-11)5-14-4-3-12-10(14)6-15/h3-4,6-8H,5H2,1-2H3. The summed E-state index contributed by atoms with van der Waals surface area (Å²) < 4.78 is 1.80. The molecular formula is C11H13N3OS. The predicted octanol–water partition coefficient (Wildman–Crippen LogP) is 2.32. The summed E-state index contributed by atoms with van der Waals surface area (Å²) >= 11 is 1.66. The van der Waals surface area contributed by atoms with E-state index in [-0.39, 0.29) is 0 Å². The Labute approximate surface area is 98.0 Å². The zero-order valence-corrected chi connectivity index (χ0v) is 10.1. The van der Waals surface area contributed by atoms with Gasteiger partial charge < -0.3 is 4.57 Å². The van der Waals surface area contributed by atoms with Crippen molar-refractivity contribution in [3.63, 3.8) is 0 Å². The van der Waals surface area contributed by atoms with Crippen LogP contribution in [0.5, 0.6) is 0 Å². The van der Waals surface area contributed by atoms with Crippen molar-refractivity contribution in [3.05, 3.63) is 34.3 Å². The molecule has 16 heavy (non-hydrogen) atoms. The average Bonchev–Trinajstić information content (AvgIpc) is 2.87. The fourth-order valence-corrected chi connectivity index (χ4v) is 2.23. The molecule has 84 valence electrons. The van der Waals surface area contributed by atoms with Crippen molar-refractivity contribution in [3.8, 4) is 0 Å². The molecular weight excluding hydrogens is 222 g/mol. The number of thiazole rings is 1. The van der Waals surface area contributed by atoms with Crippen molar-refractivity contribution < 1.29 is 4.79 Å². The third-order valence-electron chi connectivity index (χ3n) is 2.25. The monoisotopic (exact) mass is 235 g/mol. The van der Waals surface area contributed by atoms with Crippen molar-refractivity contribution in [2.75, 3.05) is 0 Å². The van der Waals surface area contributed by atoms with E-state index >= 15 is 0 Å². The second-order valence-electron chi connectivity index (χ2n) is 3.86. The van der Waals surface area contributed by atoms with Crippen LogP contribution < -0.4 is 0 Å². The lowest BCUT2D eigenvalue weighted by Crippen LogP contribution is -2.03. The Balaban J connectivity index is 2.17. The normalized spacial score (nSPS) is 10.9. The summed E-state index contributed by atoms with van der Waals surface area (Å²) in [4.78, 5) is 19.1. The van der Waals surface area contributed by atoms with Crippen LogP contribution in [0.15, 0.2) is 17.8 Å². The fourth-order valence-electron chi connectivity index (χ4n) is 1.41. The SMILES string of the molecule is CC(C)c1nc(Cn2ccnc2C=O)cs1. The van der Waals surface area contributed by atoms with E-state index in [2.05, 4.69) is 23.8 Å². The van der Waals surface area contributed by atoms with E-state index in [1.165, 1.54) is 0 Å². The number of imidazole rings is 1. The lowest BCUT2D eigenvalue weighted by Gasteiger charge is -2.01. The molecule has 0 fully saturated rings. The van der Waals surface area contributed by atoms with Gasteiger partial charge in [0.1, 0.15) is 0 Å². The number of hydrogen-bond acceptors (Lipinski definition) is 4. The Morgan fingerprint density at radius 1 is 1.56 bits per heavy atom. The van der Waals surface area contributed by atoms with Crippen LogP contribution in [-0.4, -0.2) is 20.8 Å². The van der Waals surface area contributed by atoms with Gasteiger partial charge in [0.2, 0.25) is 0 Å². The molecule has 4 nitrogen and oxygen atoms in total. The van der Waals surface area contributed by atoms with E-state index < -0.39 is 0 Å². The summed E-state index contributed by atoms with van der Waals surface area (Å²) in [5.41, 5.74) is 0.981. The van der Waals surface area contributed by atoms with E-state index in [0.29, 0.717) is 18.3 Å². The van der Waals surface area contributed by atoms with Crippen LogP contribution in [-0.2, 0) is 6.54 Å². The first kappa shape index (κ1) is 11.0. The van der Waals surface area contributed by atoms with Gasteiger partial charge in [-0.25, -0.2) is 9.97 Å². The van der Waals surface area contributed by atoms with Crippen molar-refractivity contribution >= 4 is 17.6 Å². The van der Waals surface area contributed by atoms with Gasteiger partial charge >= 0.3 is 0 Å². The molecule has 2 aromatic rings. The van der Waals surface area contributed by atoms with Gasteiger partial charge in [0, 0.05) is 23.7 Å². The molecule has 0 atom stereocenters. The van der Waals surface area contributed by atoms with Crippen LogP contribution in [0.25, 0.3) is 0 Å². The summed E-state index contributed by atoms with van der Waals surface area (Å²) in [5, 5.41) is 3.16. The third kappa shape index (κ3) is 2.19. The van der Waals surface area contributed by atoms with Gasteiger partial charge in [-0.3, -0.25) is 4.79 Å². The molecule has 2 aromatic heterocycles. The molecule has 0 saturated carbocycles. The van der Waals surface area contributed by atoms with E-state index in [1.54, 1.807) is 28.3 Å². The minimum Gasteiger partial charge on any atom is -0.323 e. The molecule has 0 amide bonds. The van der Waals surface area contributed by atoms with Crippen LogP contribution in [0.4, 0.5) is 0 Å². The highest BCUT2D eigenvalue weighted by Crippen LogP contribution is 2.19. The summed E-state index contributed by atoms with van der Waals surface area (Å²) in [5.74, 6) is 0.895. The first-order valence-electron chi connectivity index (χ1n) is 5.11. The van der Waals surface area contributed by atoms with Crippen LogP contribution >= 0.6 is 11.3 Å². The first-order chi connectivity index (χ1) is 7.70. The second kappa shape index (κ2) is 4.57. The first-order valence-corrected chi connectivity index (χ1v) is 5.99. The molecule has 0 N–H and O–H groups in total. The quantitative estimate of drug-likeness (QED) is 0.764. The molecule has 0 aromatic carbocycles. The molecule has 2 heterocycles. The molecule has 0 spiro atoms. The number of hydrogen-bond donors (Lipinski definition) is 0. The Hall–Kier alpha value is -1.49. The van der Waals surface area contributed by atoms with Gasteiger partial charge in [-0.05, 0) is 0 Å².